The summed E-state index contributed by atoms with van der Waals surface area (Å²) in [6.45, 7) is 0.795. The average Bonchev–Trinajstić information content (AvgIpc) is 2.84. The fourth-order valence-corrected chi connectivity index (χ4v) is 2.63. The molecule has 0 spiro atoms. The van der Waals surface area contributed by atoms with Crippen LogP contribution in [-0.4, -0.2) is 29.3 Å². The van der Waals surface area contributed by atoms with E-state index in [1.165, 1.54) is 12.1 Å². The Balaban J connectivity index is 2.05. The van der Waals surface area contributed by atoms with E-state index in [0.717, 1.165) is 32.2 Å². The highest BCUT2D eigenvalue weighted by molar-refractivity contribution is 6.17. The number of hydrogen-bond donors (Lipinski definition) is 0. The van der Waals surface area contributed by atoms with Gasteiger partial charge in [0.15, 0.2) is 0 Å². The summed E-state index contributed by atoms with van der Waals surface area (Å²) in [4.78, 5) is 14.2. The Morgan fingerprint density at radius 3 is 2.78 bits per heavy atom. The molecule has 18 heavy (non-hydrogen) atoms. The lowest BCUT2D eigenvalue weighted by atomic mass is 10.1. The third-order valence-corrected chi connectivity index (χ3v) is 3.67. The van der Waals surface area contributed by atoms with Gasteiger partial charge in [-0.3, -0.25) is 4.79 Å². The number of alkyl halides is 1. The van der Waals surface area contributed by atoms with Gasteiger partial charge in [-0.05, 0) is 49.9 Å². The first-order chi connectivity index (χ1) is 8.72. The van der Waals surface area contributed by atoms with Crippen molar-refractivity contribution >= 4 is 17.5 Å². The molecule has 2 nitrogen and oxygen atoms in total. The fourth-order valence-electron chi connectivity index (χ4n) is 2.47. The van der Waals surface area contributed by atoms with E-state index in [-0.39, 0.29) is 11.7 Å². The molecule has 1 aliphatic heterocycles. The maximum Gasteiger partial charge on any atom is 0.254 e. The molecule has 1 unspecified atom stereocenters. The highest BCUT2D eigenvalue weighted by Gasteiger charge is 2.28. The number of benzene rings is 1. The van der Waals surface area contributed by atoms with Crippen LogP contribution in [0.2, 0.25) is 0 Å². The van der Waals surface area contributed by atoms with E-state index >= 15 is 0 Å². The molecule has 0 aliphatic carbocycles. The number of carbonyl (C=O) groups excluding carboxylic acids is 1. The third kappa shape index (κ3) is 3.02. The van der Waals surface area contributed by atoms with Gasteiger partial charge < -0.3 is 4.90 Å². The van der Waals surface area contributed by atoms with Crippen molar-refractivity contribution in [1.29, 1.82) is 0 Å². The summed E-state index contributed by atoms with van der Waals surface area (Å²) in [5.41, 5.74) is 0.564. The molecular formula is C14H17ClFNO. The Morgan fingerprint density at radius 2 is 2.11 bits per heavy atom. The molecule has 98 valence electrons. The SMILES string of the molecule is O=C(c1ccc(F)cc1)N1CCCC1CCCCl. The summed E-state index contributed by atoms with van der Waals surface area (Å²) >= 11 is 5.70. The molecule has 4 heteroatoms. The summed E-state index contributed by atoms with van der Waals surface area (Å²) in [6, 6.07) is 6.05. The van der Waals surface area contributed by atoms with E-state index in [0.29, 0.717) is 17.5 Å². The van der Waals surface area contributed by atoms with Crippen molar-refractivity contribution < 1.29 is 9.18 Å². The number of carbonyl (C=O) groups is 1. The van der Waals surface area contributed by atoms with Gasteiger partial charge in [-0.2, -0.15) is 0 Å². The summed E-state index contributed by atoms with van der Waals surface area (Å²) in [5, 5.41) is 0. The van der Waals surface area contributed by atoms with Crippen LogP contribution in [0.1, 0.15) is 36.0 Å². The van der Waals surface area contributed by atoms with E-state index in [1.54, 1.807) is 12.1 Å². The molecule has 0 radical (unpaired) electrons. The van der Waals surface area contributed by atoms with Gasteiger partial charge in [-0.1, -0.05) is 0 Å². The van der Waals surface area contributed by atoms with E-state index in [2.05, 4.69) is 0 Å². The summed E-state index contributed by atoms with van der Waals surface area (Å²) in [7, 11) is 0. The molecule has 1 aromatic rings. The summed E-state index contributed by atoms with van der Waals surface area (Å²) in [5.74, 6) is 0.327. The first-order valence-corrected chi connectivity index (χ1v) is 6.88. The van der Waals surface area contributed by atoms with Crippen molar-refractivity contribution in [3.8, 4) is 0 Å². The van der Waals surface area contributed by atoms with Crippen LogP contribution in [0.15, 0.2) is 24.3 Å². The monoisotopic (exact) mass is 269 g/mol. The van der Waals surface area contributed by atoms with Crippen LogP contribution in [0, 0.1) is 5.82 Å². The van der Waals surface area contributed by atoms with Crippen LogP contribution in [0.25, 0.3) is 0 Å². The van der Waals surface area contributed by atoms with Crippen molar-refractivity contribution in [2.45, 2.75) is 31.7 Å². The number of hydrogen-bond acceptors (Lipinski definition) is 1. The molecule has 2 rings (SSSR count). The minimum Gasteiger partial charge on any atom is -0.336 e. The van der Waals surface area contributed by atoms with Gasteiger partial charge in [0.1, 0.15) is 5.82 Å². The van der Waals surface area contributed by atoms with Gasteiger partial charge in [0.05, 0.1) is 0 Å². The molecule has 1 heterocycles. The highest BCUT2D eigenvalue weighted by Crippen LogP contribution is 2.23. The normalized spacial score (nSPS) is 19.2. The standard InChI is InChI=1S/C14H17ClFNO/c15-9-1-3-13-4-2-10-17(13)14(18)11-5-7-12(16)8-6-11/h5-8,13H,1-4,9-10H2. The summed E-state index contributed by atoms with van der Waals surface area (Å²) < 4.78 is 12.8. The van der Waals surface area contributed by atoms with Crippen molar-refractivity contribution in [3.63, 3.8) is 0 Å². The first-order valence-electron chi connectivity index (χ1n) is 6.35. The largest absolute Gasteiger partial charge is 0.336 e. The van der Waals surface area contributed by atoms with Gasteiger partial charge in [0.2, 0.25) is 0 Å². The number of rotatable bonds is 4. The van der Waals surface area contributed by atoms with E-state index in [4.69, 9.17) is 11.6 Å². The van der Waals surface area contributed by atoms with Gasteiger partial charge >= 0.3 is 0 Å². The summed E-state index contributed by atoms with van der Waals surface area (Å²) in [6.07, 6.45) is 3.97. The lowest BCUT2D eigenvalue weighted by Crippen LogP contribution is -2.35. The smallest absolute Gasteiger partial charge is 0.254 e. The molecule has 0 saturated carbocycles. The number of likely N-dealkylation sites (tertiary alicyclic amines) is 1. The third-order valence-electron chi connectivity index (χ3n) is 3.40. The molecule has 0 bridgehead atoms. The maximum atomic E-state index is 12.8. The predicted octanol–water partition coefficient (Wildman–Crippen LogP) is 3.45. The van der Waals surface area contributed by atoms with E-state index < -0.39 is 0 Å². The quantitative estimate of drug-likeness (QED) is 0.767. The topological polar surface area (TPSA) is 20.3 Å². The number of nitrogens with zero attached hydrogens (tertiary/aromatic N) is 1. The van der Waals surface area contributed by atoms with Crippen LogP contribution in [0.4, 0.5) is 4.39 Å². The Morgan fingerprint density at radius 1 is 1.39 bits per heavy atom. The molecule has 1 aliphatic rings. The van der Waals surface area contributed by atoms with Gasteiger partial charge in [-0.15, -0.1) is 11.6 Å². The Labute approximate surface area is 112 Å². The molecule has 1 saturated heterocycles. The second kappa shape index (κ2) is 6.19. The van der Waals surface area contributed by atoms with Gasteiger partial charge in [-0.25, -0.2) is 4.39 Å². The lowest BCUT2D eigenvalue weighted by Gasteiger charge is -2.24. The van der Waals surface area contributed by atoms with Crippen molar-refractivity contribution in [2.24, 2.45) is 0 Å². The van der Waals surface area contributed by atoms with Gasteiger partial charge in [0, 0.05) is 24.0 Å². The Kier molecular flexibility index (Phi) is 4.59. The zero-order chi connectivity index (χ0) is 13.0. The number of amides is 1. The molecule has 0 N–H and O–H groups in total. The zero-order valence-electron chi connectivity index (χ0n) is 10.2. The first kappa shape index (κ1) is 13.3. The van der Waals surface area contributed by atoms with Gasteiger partial charge in [0.25, 0.3) is 5.91 Å². The minimum atomic E-state index is -0.313. The van der Waals surface area contributed by atoms with Crippen molar-refractivity contribution in [3.05, 3.63) is 35.6 Å². The second-order valence-electron chi connectivity index (χ2n) is 4.63. The molecule has 1 fully saturated rings. The molecule has 0 aromatic heterocycles. The molecule has 1 amide bonds. The van der Waals surface area contributed by atoms with Crippen LogP contribution in [0.5, 0.6) is 0 Å². The highest BCUT2D eigenvalue weighted by atomic mass is 35.5. The van der Waals surface area contributed by atoms with Crippen LogP contribution >= 0.6 is 11.6 Å². The fraction of sp³-hybridized carbons (Fsp3) is 0.500. The van der Waals surface area contributed by atoms with Crippen LogP contribution in [-0.2, 0) is 0 Å². The van der Waals surface area contributed by atoms with E-state index in [9.17, 15) is 9.18 Å². The second-order valence-corrected chi connectivity index (χ2v) is 5.01. The average molecular weight is 270 g/mol. The Bertz CT molecular complexity index is 407. The molecule has 1 aromatic carbocycles. The molecular weight excluding hydrogens is 253 g/mol. The maximum absolute atomic E-state index is 12.8. The lowest BCUT2D eigenvalue weighted by molar-refractivity contribution is 0.0730. The number of halogens is 2. The van der Waals surface area contributed by atoms with Crippen molar-refractivity contribution in [1.82, 2.24) is 4.90 Å². The Hall–Kier alpha value is -1.09. The van der Waals surface area contributed by atoms with E-state index in [1.807, 2.05) is 4.90 Å². The minimum absolute atomic E-state index is 0.00655. The zero-order valence-corrected chi connectivity index (χ0v) is 11.0. The predicted molar refractivity (Wildman–Crippen MR) is 70.4 cm³/mol. The van der Waals surface area contributed by atoms with Crippen LogP contribution in [0.3, 0.4) is 0 Å². The van der Waals surface area contributed by atoms with Crippen molar-refractivity contribution in [2.75, 3.05) is 12.4 Å². The molecule has 1 atom stereocenters. The van der Waals surface area contributed by atoms with Crippen LogP contribution < -0.4 is 0 Å².